The molecule has 2 aromatic rings. The molecule has 1 amide bonds. The number of amides is 1. The van der Waals surface area contributed by atoms with Gasteiger partial charge in [0.05, 0.1) is 11.6 Å². The predicted molar refractivity (Wildman–Crippen MR) is 98.8 cm³/mol. The van der Waals surface area contributed by atoms with Crippen LogP contribution in [0.4, 0.5) is 5.69 Å². The number of hydrogen-bond acceptors (Lipinski definition) is 5. The van der Waals surface area contributed by atoms with Gasteiger partial charge in [0.15, 0.2) is 18.1 Å². The Morgan fingerprint density at radius 3 is 2.56 bits per heavy atom. The van der Waals surface area contributed by atoms with Gasteiger partial charge in [-0.15, -0.1) is 0 Å². The van der Waals surface area contributed by atoms with Crippen LogP contribution in [0.1, 0.15) is 37.7 Å². The molecule has 0 bridgehead atoms. The zero-order chi connectivity index (χ0) is 18.7. The van der Waals surface area contributed by atoms with Crippen molar-refractivity contribution in [1.29, 1.82) is 5.26 Å². The molecule has 0 radical (unpaired) electrons. The number of nitrogens with one attached hydrogen (secondary N) is 1. The Labute approximate surface area is 157 Å². The van der Waals surface area contributed by atoms with Crippen molar-refractivity contribution < 1.29 is 19.0 Å². The van der Waals surface area contributed by atoms with Crippen molar-refractivity contribution in [3.63, 3.8) is 0 Å². The average Bonchev–Trinajstić information content (AvgIpc) is 3.03. The fourth-order valence-corrected chi connectivity index (χ4v) is 3.44. The molecule has 4 rings (SSSR count). The minimum Gasteiger partial charge on any atom is -0.484 e. The van der Waals surface area contributed by atoms with Gasteiger partial charge in [-0.3, -0.25) is 4.79 Å². The number of rotatable bonds is 4. The maximum atomic E-state index is 12.1. The third kappa shape index (κ3) is 3.82. The minimum atomic E-state index is -0.526. The first-order chi connectivity index (χ1) is 13.2. The smallest absolute Gasteiger partial charge is 0.262 e. The number of nitriles is 1. The zero-order valence-corrected chi connectivity index (χ0v) is 14.9. The molecule has 0 unspecified atom stereocenters. The Morgan fingerprint density at radius 2 is 1.81 bits per heavy atom. The van der Waals surface area contributed by atoms with Crippen molar-refractivity contribution in [2.24, 2.45) is 0 Å². The molecule has 1 saturated carbocycles. The molecule has 1 spiro atoms. The van der Waals surface area contributed by atoms with Crippen molar-refractivity contribution in [3.8, 4) is 23.3 Å². The third-order valence-corrected chi connectivity index (χ3v) is 4.79. The van der Waals surface area contributed by atoms with E-state index in [1.807, 2.05) is 12.1 Å². The molecule has 6 nitrogen and oxygen atoms in total. The summed E-state index contributed by atoms with van der Waals surface area (Å²) < 4.78 is 17.6. The van der Waals surface area contributed by atoms with Crippen LogP contribution >= 0.6 is 0 Å². The number of ether oxygens (including phenoxy) is 3. The van der Waals surface area contributed by atoms with Crippen LogP contribution in [0.5, 0.6) is 17.2 Å². The van der Waals surface area contributed by atoms with E-state index in [4.69, 9.17) is 19.5 Å². The highest BCUT2D eigenvalue weighted by Gasteiger charge is 2.42. The normalized spacial score (nSPS) is 16.6. The summed E-state index contributed by atoms with van der Waals surface area (Å²) >= 11 is 0. The van der Waals surface area contributed by atoms with Gasteiger partial charge in [0.1, 0.15) is 5.75 Å². The van der Waals surface area contributed by atoms with Gasteiger partial charge in [-0.1, -0.05) is 6.42 Å². The number of hydrogen-bond donors (Lipinski definition) is 1. The third-order valence-electron chi connectivity index (χ3n) is 4.79. The molecule has 1 aliphatic heterocycles. The van der Waals surface area contributed by atoms with E-state index in [-0.39, 0.29) is 12.5 Å². The van der Waals surface area contributed by atoms with Crippen LogP contribution in [0.15, 0.2) is 42.5 Å². The number of anilines is 1. The van der Waals surface area contributed by atoms with E-state index >= 15 is 0 Å². The molecular weight excluding hydrogens is 344 g/mol. The molecular formula is C21H20N2O4. The number of carbonyl (C=O) groups is 1. The molecule has 0 aromatic heterocycles. The van der Waals surface area contributed by atoms with Gasteiger partial charge in [-0.25, -0.2) is 0 Å². The van der Waals surface area contributed by atoms with E-state index < -0.39 is 5.79 Å². The second-order valence-electron chi connectivity index (χ2n) is 6.81. The monoisotopic (exact) mass is 364 g/mol. The molecule has 1 heterocycles. The van der Waals surface area contributed by atoms with Gasteiger partial charge in [0, 0.05) is 24.6 Å². The van der Waals surface area contributed by atoms with Gasteiger partial charge >= 0.3 is 0 Å². The fraction of sp³-hybridized carbons (Fsp3) is 0.333. The van der Waals surface area contributed by atoms with Crippen molar-refractivity contribution in [2.75, 3.05) is 11.9 Å². The lowest BCUT2D eigenvalue weighted by molar-refractivity contribution is -0.118. The number of nitrogens with zero attached hydrogens (tertiary/aromatic N) is 1. The maximum absolute atomic E-state index is 12.1. The lowest BCUT2D eigenvalue weighted by atomic mass is 9.94. The van der Waals surface area contributed by atoms with E-state index in [9.17, 15) is 4.79 Å². The van der Waals surface area contributed by atoms with Gasteiger partial charge in [0.25, 0.3) is 11.7 Å². The second-order valence-corrected chi connectivity index (χ2v) is 6.81. The van der Waals surface area contributed by atoms with Crippen LogP contribution in [-0.2, 0) is 4.79 Å². The van der Waals surface area contributed by atoms with Crippen LogP contribution in [0.2, 0.25) is 0 Å². The predicted octanol–water partition coefficient (Wildman–Crippen LogP) is 4.01. The Hall–Kier alpha value is -3.20. The molecule has 2 aliphatic rings. The van der Waals surface area contributed by atoms with E-state index in [2.05, 4.69) is 5.32 Å². The summed E-state index contributed by atoms with van der Waals surface area (Å²) in [5.74, 6) is 1.13. The topological polar surface area (TPSA) is 80.6 Å². The Bertz CT molecular complexity index is 880. The van der Waals surface area contributed by atoms with Crippen molar-refractivity contribution in [3.05, 3.63) is 48.0 Å². The Morgan fingerprint density at radius 1 is 1.07 bits per heavy atom. The fourth-order valence-electron chi connectivity index (χ4n) is 3.44. The molecule has 27 heavy (non-hydrogen) atoms. The summed E-state index contributed by atoms with van der Waals surface area (Å²) in [5, 5.41) is 11.6. The van der Waals surface area contributed by atoms with Crippen molar-refractivity contribution in [1.82, 2.24) is 0 Å². The van der Waals surface area contributed by atoms with Crippen molar-refractivity contribution >= 4 is 11.6 Å². The SMILES string of the molecule is N#Cc1ccc(OCC(=O)Nc2ccc3c(c2)OC2(CCCCC2)O3)cc1. The molecule has 1 aliphatic carbocycles. The highest BCUT2D eigenvalue weighted by atomic mass is 16.7. The minimum absolute atomic E-state index is 0.121. The summed E-state index contributed by atoms with van der Waals surface area (Å²) in [6, 6.07) is 14.1. The number of carbonyl (C=O) groups excluding carboxylic acids is 1. The number of fused-ring (bicyclic) bond motifs is 1. The molecule has 1 N–H and O–H groups in total. The summed E-state index contributed by atoms with van der Waals surface area (Å²) in [6.45, 7) is -0.121. The molecule has 6 heteroatoms. The lowest BCUT2D eigenvalue weighted by Gasteiger charge is -2.31. The van der Waals surface area contributed by atoms with Crippen LogP contribution in [-0.4, -0.2) is 18.3 Å². The van der Waals surface area contributed by atoms with Crippen LogP contribution < -0.4 is 19.5 Å². The van der Waals surface area contributed by atoms with Gasteiger partial charge in [-0.05, 0) is 49.2 Å². The highest BCUT2D eigenvalue weighted by Crippen LogP contribution is 2.46. The molecule has 1 fully saturated rings. The van der Waals surface area contributed by atoms with E-state index in [1.54, 1.807) is 36.4 Å². The Kier molecular flexibility index (Phi) is 4.59. The molecule has 0 saturated heterocycles. The van der Waals surface area contributed by atoms with Gasteiger partial charge in [0.2, 0.25) is 0 Å². The van der Waals surface area contributed by atoms with Gasteiger partial charge < -0.3 is 19.5 Å². The standard InChI is InChI=1S/C21H20N2O4/c22-13-15-4-7-17(8-5-15)25-14-20(24)23-16-6-9-18-19(12-16)27-21(26-18)10-2-1-3-11-21/h4-9,12H,1-3,10-11,14H2,(H,23,24). The summed E-state index contributed by atoms with van der Waals surface area (Å²) in [4.78, 5) is 12.1. The maximum Gasteiger partial charge on any atom is 0.262 e. The largest absolute Gasteiger partial charge is 0.484 e. The lowest BCUT2D eigenvalue weighted by Crippen LogP contribution is -2.40. The molecule has 2 aromatic carbocycles. The zero-order valence-electron chi connectivity index (χ0n) is 14.9. The first-order valence-corrected chi connectivity index (χ1v) is 9.11. The van der Waals surface area contributed by atoms with Crippen LogP contribution in [0.25, 0.3) is 0 Å². The highest BCUT2D eigenvalue weighted by molar-refractivity contribution is 5.92. The number of benzene rings is 2. The van der Waals surface area contributed by atoms with Crippen molar-refractivity contribution in [2.45, 2.75) is 37.9 Å². The van der Waals surface area contributed by atoms with E-state index in [0.29, 0.717) is 22.7 Å². The van der Waals surface area contributed by atoms with Gasteiger partial charge in [-0.2, -0.15) is 5.26 Å². The first-order valence-electron chi connectivity index (χ1n) is 9.11. The second kappa shape index (κ2) is 7.20. The quantitative estimate of drug-likeness (QED) is 0.887. The van der Waals surface area contributed by atoms with E-state index in [1.165, 1.54) is 6.42 Å². The summed E-state index contributed by atoms with van der Waals surface area (Å²) in [5.41, 5.74) is 1.18. The first kappa shape index (κ1) is 17.2. The summed E-state index contributed by atoms with van der Waals surface area (Å²) in [7, 11) is 0. The van der Waals surface area contributed by atoms with Crippen LogP contribution in [0, 0.1) is 11.3 Å². The molecule has 0 atom stereocenters. The Balaban J connectivity index is 1.34. The van der Waals surface area contributed by atoms with E-state index in [0.717, 1.165) is 31.4 Å². The summed E-state index contributed by atoms with van der Waals surface area (Å²) in [6.07, 6.45) is 5.20. The average molecular weight is 364 g/mol. The van der Waals surface area contributed by atoms with Crippen LogP contribution in [0.3, 0.4) is 0 Å². The molecule has 138 valence electrons.